The minimum atomic E-state index is 0.502. The lowest BCUT2D eigenvalue weighted by Gasteiger charge is -2.14. The number of rotatable bonds is 6. The molecule has 0 aromatic carbocycles. The van der Waals surface area contributed by atoms with Gasteiger partial charge in [0.25, 0.3) is 0 Å². The highest BCUT2D eigenvalue weighted by Gasteiger charge is 2.01. The number of anilines is 2. The van der Waals surface area contributed by atoms with E-state index < -0.39 is 0 Å². The van der Waals surface area contributed by atoms with Gasteiger partial charge in [0.1, 0.15) is 5.82 Å². The van der Waals surface area contributed by atoms with Crippen molar-refractivity contribution in [3.8, 4) is 0 Å². The minimum absolute atomic E-state index is 0.502. The second kappa shape index (κ2) is 6.27. The molecule has 0 amide bonds. The maximum atomic E-state index is 5.52. The van der Waals surface area contributed by atoms with E-state index in [1.165, 1.54) is 25.7 Å². The summed E-state index contributed by atoms with van der Waals surface area (Å²) in [5.41, 5.74) is 6.57. The van der Waals surface area contributed by atoms with Gasteiger partial charge in [-0.3, -0.25) is 0 Å². The third-order valence-corrected chi connectivity index (χ3v) is 2.44. The average Bonchev–Trinajstić information content (AvgIpc) is 2.22. The molecule has 0 bridgehead atoms. The summed E-state index contributed by atoms with van der Waals surface area (Å²) >= 11 is 0. The zero-order valence-corrected chi connectivity index (χ0v) is 9.66. The van der Waals surface area contributed by atoms with Crippen LogP contribution in [-0.4, -0.2) is 11.0 Å². The molecule has 1 heterocycles. The molecule has 3 heteroatoms. The zero-order chi connectivity index (χ0) is 11.1. The van der Waals surface area contributed by atoms with Crippen LogP contribution >= 0.6 is 0 Å². The van der Waals surface area contributed by atoms with Crippen LogP contribution in [0.25, 0.3) is 0 Å². The Morgan fingerprint density at radius 1 is 1.40 bits per heavy atom. The van der Waals surface area contributed by atoms with Gasteiger partial charge in [-0.15, -0.1) is 0 Å². The minimum Gasteiger partial charge on any atom is -0.384 e. The lowest BCUT2D eigenvalue weighted by atomic mass is 10.1. The van der Waals surface area contributed by atoms with Crippen molar-refractivity contribution in [3.05, 3.63) is 18.3 Å². The Hall–Kier alpha value is -1.25. The number of hydrogen-bond acceptors (Lipinski definition) is 3. The summed E-state index contributed by atoms with van der Waals surface area (Å²) in [5.74, 6) is 0.569. The summed E-state index contributed by atoms with van der Waals surface area (Å²) in [4.78, 5) is 4.04. The average molecular weight is 207 g/mol. The first-order valence-corrected chi connectivity index (χ1v) is 5.70. The van der Waals surface area contributed by atoms with E-state index in [0.717, 1.165) is 5.69 Å². The maximum absolute atomic E-state index is 5.52. The molecule has 3 N–H and O–H groups in total. The van der Waals surface area contributed by atoms with Gasteiger partial charge in [-0.05, 0) is 25.5 Å². The van der Waals surface area contributed by atoms with E-state index in [9.17, 15) is 0 Å². The van der Waals surface area contributed by atoms with Crippen molar-refractivity contribution in [1.29, 1.82) is 0 Å². The topological polar surface area (TPSA) is 50.9 Å². The molecular weight excluding hydrogens is 186 g/mol. The number of unbranched alkanes of at least 4 members (excludes halogenated alkanes) is 2. The summed E-state index contributed by atoms with van der Waals surface area (Å²) in [6.45, 7) is 4.42. The molecule has 1 unspecified atom stereocenters. The highest BCUT2D eigenvalue weighted by Crippen LogP contribution is 2.11. The lowest BCUT2D eigenvalue weighted by molar-refractivity contribution is 0.615. The van der Waals surface area contributed by atoms with Crippen LogP contribution in [0.4, 0.5) is 11.5 Å². The van der Waals surface area contributed by atoms with Crippen molar-refractivity contribution < 1.29 is 0 Å². The molecule has 1 rings (SSSR count). The molecule has 1 atom stereocenters. The fraction of sp³-hybridized carbons (Fsp3) is 0.583. The van der Waals surface area contributed by atoms with Crippen LogP contribution in [0.1, 0.15) is 39.5 Å². The molecule has 0 fully saturated rings. The van der Waals surface area contributed by atoms with Crippen LogP contribution in [0.3, 0.4) is 0 Å². The quantitative estimate of drug-likeness (QED) is 0.705. The van der Waals surface area contributed by atoms with Crippen LogP contribution in [0.15, 0.2) is 18.3 Å². The molecule has 15 heavy (non-hydrogen) atoms. The number of nitrogen functional groups attached to an aromatic ring is 1. The smallest absolute Gasteiger partial charge is 0.123 e. The highest BCUT2D eigenvalue weighted by molar-refractivity contribution is 5.45. The maximum Gasteiger partial charge on any atom is 0.123 e. The van der Waals surface area contributed by atoms with Gasteiger partial charge in [0.05, 0.1) is 11.9 Å². The first-order chi connectivity index (χ1) is 7.22. The summed E-state index contributed by atoms with van der Waals surface area (Å²) in [5, 5.41) is 3.41. The van der Waals surface area contributed by atoms with Crippen LogP contribution < -0.4 is 11.1 Å². The SMILES string of the molecule is CCCCCC(C)Nc1ccc(N)nc1. The molecule has 0 spiro atoms. The number of nitrogens with two attached hydrogens (primary N) is 1. The Kier molecular flexibility index (Phi) is 4.95. The third kappa shape index (κ3) is 4.68. The number of pyridine rings is 1. The van der Waals surface area contributed by atoms with Crippen molar-refractivity contribution in [2.24, 2.45) is 0 Å². The normalized spacial score (nSPS) is 12.4. The zero-order valence-electron chi connectivity index (χ0n) is 9.66. The predicted molar refractivity (Wildman–Crippen MR) is 65.9 cm³/mol. The number of nitrogens with one attached hydrogen (secondary N) is 1. The van der Waals surface area contributed by atoms with E-state index in [2.05, 4.69) is 24.1 Å². The Labute approximate surface area is 92.1 Å². The standard InChI is InChI=1S/C12H21N3/c1-3-4-5-6-10(2)15-11-7-8-12(13)14-9-11/h7-10,15H,3-6H2,1-2H3,(H2,13,14). The van der Waals surface area contributed by atoms with Crippen molar-refractivity contribution in [1.82, 2.24) is 4.98 Å². The third-order valence-electron chi connectivity index (χ3n) is 2.44. The largest absolute Gasteiger partial charge is 0.384 e. The molecule has 1 aromatic heterocycles. The van der Waals surface area contributed by atoms with Gasteiger partial charge in [0, 0.05) is 6.04 Å². The molecule has 0 radical (unpaired) electrons. The predicted octanol–water partition coefficient (Wildman–Crippen LogP) is 3.04. The van der Waals surface area contributed by atoms with Gasteiger partial charge in [-0.1, -0.05) is 26.2 Å². The van der Waals surface area contributed by atoms with Crippen molar-refractivity contribution in [3.63, 3.8) is 0 Å². The number of hydrogen-bond donors (Lipinski definition) is 2. The molecule has 0 aliphatic carbocycles. The number of aromatic nitrogens is 1. The lowest BCUT2D eigenvalue weighted by Crippen LogP contribution is -2.14. The highest BCUT2D eigenvalue weighted by atomic mass is 14.9. The molecule has 84 valence electrons. The molecule has 3 nitrogen and oxygen atoms in total. The van der Waals surface area contributed by atoms with E-state index in [1.807, 2.05) is 12.1 Å². The van der Waals surface area contributed by atoms with Gasteiger partial charge in [-0.2, -0.15) is 0 Å². The first-order valence-electron chi connectivity index (χ1n) is 5.70. The summed E-state index contributed by atoms with van der Waals surface area (Å²) < 4.78 is 0. The Morgan fingerprint density at radius 2 is 2.20 bits per heavy atom. The summed E-state index contributed by atoms with van der Waals surface area (Å²) in [6.07, 6.45) is 6.86. The first kappa shape index (κ1) is 11.8. The van der Waals surface area contributed by atoms with Gasteiger partial charge >= 0.3 is 0 Å². The van der Waals surface area contributed by atoms with Gasteiger partial charge < -0.3 is 11.1 Å². The van der Waals surface area contributed by atoms with Crippen LogP contribution in [-0.2, 0) is 0 Å². The van der Waals surface area contributed by atoms with Gasteiger partial charge in [0.15, 0.2) is 0 Å². The van der Waals surface area contributed by atoms with Gasteiger partial charge in [-0.25, -0.2) is 4.98 Å². The second-order valence-electron chi connectivity index (χ2n) is 4.01. The van der Waals surface area contributed by atoms with Gasteiger partial charge in [0.2, 0.25) is 0 Å². The summed E-state index contributed by atoms with van der Waals surface area (Å²) in [6, 6.07) is 4.29. The molecule has 1 aromatic rings. The fourth-order valence-electron chi connectivity index (χ4n) is 1.55. The molecule has 0 saturated heterocycles. The van der Waals surface area contributed by atoms with E-state index in [-0.39, 0.29) is 0 Å². The Balaban J connectivity index is 2.31. The van der Waals surface area contributed by atoms with Crippen LogP contribution in [0, 0.1) is 0 Å². The van der Waals surface area contributed by atoms with Crippen molar-refractivity contribution in [2.75, 3.05) is 11.1 Å². The molecule has 0 saturated carbocycles. The number of nitrogens with zero attached hydrogens (tertiary/aromatic N) is 1. The second-order valence-corrected chi connectivity index (χ2v) is 4.01. The molecule has 0 aliphatic heterocycles. The Bertz CT molecular complexity index is 269. The summed E-state index contributed by atoms with van der Waals surface area (Å²) in [7, 11) is 0. The van der Waals surface area contributed by atoms with Crippen molar-refractivity contribution >= 4 is 11.5 Å². The van der Waals surface area contributed by atoms with E-state index in [4.69, 9.17) is 5.73 Å². The molecule has 0 aliphatic rings. The van der Waals surface area contributed by atoms with E-state index >= 15 is 0 Å². The fourth-order valence-corrected chi connectivity index (χ4v) is 1.55. The monoisotopic (exact) mass is 207 g/mol. The Morgan fingerprint density at radius 3 is 2.80 bits per heavy atom. The van der Waals surface area contributed by atoms with Crippen LogP contribution in [0.2, 0.25) is 0 Å². The van der Waals surface area contributed by atoms with Crippen molar-refractivity contribution in [2.45, 2.75) is 45.6 Å². The molecular formula is C12H21N3. The van der Waals surface area contributed by atoms with E-state index in [1.54, 1.807) is 6.20 Å². The van der Waals surface area contributed by atoms with Crippen LogP contribution in [0.5, 0.6) is 0 Å². The van der Waals surface area contributed by atoms with E-state index in [0.29, 0.717) is 11.9 Å².